The second-order valence-corrected chi connectivity index (χ2v) is 7.97. The molecule has 0 bridgehead atoms. The van der Waals surface area contributed by atoms with E-state index in [1.807, 2.05) is 47.1 Å². The normalized spacial score (nSPS) is 19.4. The zero-order valence-electron chi connectivity index (χ0n) is 16.3. The highest BCUT2D eigenvalue weighted by atomic mass is 16.2. The molecule has 0 saturated heterocycles. The predicted molar refractivity (Wildman–Crippen MR) is 106 cm³/mol. The van der Waals surface area contributed by atoms with E-state index >= 15 is 0 Å². The van der Waals surface area contributed by atoms with Crippen molar-refractivity contribution < 1.29 is 9.59 Å². The molecule has 1 fully saturated rings. The van der Waals surface area contributed by atoms with Crippen molar-refractivity contribution in [3.8, 4) is 11.1 Å². The lowest BCUT2D eigenvalue weighted by Gasteiger charge is -2.41. The molecule has 2 aliphatic rings. The molecule has 142 valence electrons. The third-order valence-corrected chi connectivity index (χ3v) is 5.41. The minimum absolute atomic E-state index is 0.00245. The maximum atomic E-state index is 12.9. The first-order chi connectivity index (χ1) is 12.9. The summed E-state index contributed by atoms with van der Waals surface area (Å²) in [7, 11) is 0. The van der Waals surface area contributed by atoms with Crippen molar-refractivity contribution in [3.63, 3.8) is 0 Å². The fourth-order valence-electron chi connectivity index (χ4n) is 3.81. The number of rotatable bonds is 3. The van der Waals surface area contributed by atoms with Crippen molar-refractivity contribution in [2.75, 3.05) is 16.3 Å². The molecule has 1 atom stereocenters. The zero-order chi connectivity index (χ0) is 19.3. The second-order valence-electron chi connectivity index (χ2n) is 7.97. The number of hydrogen-bond acceptors (Lipinski definition) is 3. The molecular weight excluding hydrogens is 340 g/mol. The largest absolute Gasteiger partial charge is 0.308 e. The van der Waals surface area contributed by atoms with Gasteiger partial charge in [0, 0.05) is 37.2 Å². The van der Waals surface area contributed by atoms with Gasteiger partial charge >= 0.3 is 0 Å². The molecule has 0 radical (unpaired) electrons. The lowest BCUT2D eigenvalue weighted by Crippen LogP contribution is -2.51. The van der Waals surface area contributed by atoms with Gasteiger partial charge in [0.05, 0.1) is 23.6 Å². The van der Waals surface area contributed by atoms with E-state index in [-0.39, 0.29) is 23.8 Å². The molecular formula is C21H26N4O2. The van der Waals surface area contributed by atoms with Crippen molar-refractivity contribution in [1.29, 1.82) is 0 Å². The van der Waals surface area contributed by atoms with Crippen LogP contribution in [0, 0.1) is 5.92 Å². The van der Waals surface area contributed by atoms with Crippen LogP contribution < -0.4 is 9.80 Å². The van der Waals surface area contributed by atoms with Gasteiger partial charge in [-0.25, -0.2) is 0 Å². The number of anilines is 2. The van der Waals surface area contributed by atoms with E-state index < -0.39 is 0 Å². The molecule has 0 spiro atoms. The molecule has 1 aliphatic heterocycles. The van der Waals surface area contributed by atoms with Gasteiger partial charge in [-0.05, 0) is 51.3 Å². The van der Waals surface area contributed by atoms with E-state index in [1.54, 1.807) is 11.8 Å². The molecule has 0 N–H and O–H groups in total. The van der Waals surface area contributed by atoms with Crippen molar-refractivity contribution in [2.24, 2.45) is 5.92 Å². The number of amides is 2. The molecule has 4 rings (SSSR count). The summed E-state index contributed by atoms with van der Waals surface area (Å²) in [4.78, 5) is 28.8. The number of aromatic nitrogens is 2. The monoisotopic (exact) mass is 366 g/mol. The van der Waals surface area contributed by atoms with Gasteiger partial charge in [0.15, 0.2) is 0 Å². The highest BCUT2D eigenvalue weighted by Crippen LogP contribution is 2.42. The fourth-order valence-corrected chi connectivity index (χ4v) is 3.81. The average Bonchev–Trinajstić information content (AvgIpc) is 3.35. The number of nitrogens with zero attached hydrogens (tertiary/aromatic N) is 4. The molecule has 2 amide bonds. The Bertz CT molecular complexity index is 897. The second kappa shape index (κ2) is 6.51. The summed E-state index contributed by atoms with van der Waals surface area (Å²) >= 11 is 0. The smallest absolute Gasteiger partial charge is 0.230 e. The summed E-state index contributed by atoms with van der Waals surface area (Å²) in [6.45, 7) is 8.30. The summed E-state index contributed by atoms with van der Waals surface area (Å²) < 4.78 is 1.92. The predicted octanol–water partition coefficient (Wildman–Crippen LogP) is 3.63. The Morgan fingerprint density at radius 1 is 1.15 bits per heavy atom. The van der Waals surface area contributed by atoms with E-state index in [4.69, 9.17) is 0 Å². The summed E-state index contributed by atoms with van der Waals surface area (Å²) in [6.07, 6.45) is 5.81. The lowest BCUT2D eigenvalue weighted by molar-refractivity contribution is -0.120. The van der Waals surface area contributed by atoms with Crippen LogP contribution >= 0.6 is 0 Å². The van der Waals surface area contributed by atoms with Crippen LogP contribution in [0.5, 0.6) is 0 Å². The Kier molecular flexibility index (Phi) is 4.29. The van der Waals surface area contributed by atoms with E-state index in [2.05, 4.69) is 18.9 Å². The number of carbonyl (C=O) groups is 2. The van der Waals surface area contributed by atoms with E-state index in [0.29, 0.717) is 12.6 Å². The highest BCUT2D eigenvalue weighted by molar-refractivity contribution is 6.06. The van der Waals surface area contributed by atoms with Crippen LogP contribution in [0.15, 0.2) is 30.6 Å². The minimum Gasteiger partial charge on any atom is -0.308 e. The minimum atomic E-state index is -0.0350. The van der Waals surface area contributed by atoms with Crippen LogP contribution in [0.4, 0.5) is 11.4 Å². The van der Waals surface area contributed by atoms with Crippen LogP contribution in [-0.2, 0) is 9.59 Å². The maximum absolute atomic E-state index is 12.9. The van der Waals surface area contributed by atoms with E-state index in [0.717, 1.165) is 35.3 Å². The maximum Gasteiger partial charge on any atom is 0.230 e. The highest BCUT2D eigenvalue weighted by Gasteiger charge is 2.39. The van der Waals surface area contributed by atoms with E-state index in [1.165, 1.54) is 0 Å². The Hall–Kier alpha value is -2.63. The molecule has 1 aromatic carbocycles. The summed E-state index contributed by atoms with van der Waals surface area (Å²) in [6, 6.07) is 6.25. The summed E-state index contributed by atoms with van der Waals surface area (Å²) in [5.41, 5.74) is 3.66. The van der Waals surface area contributed by atoms with Gasteiger partial charge < -0.3 is 9.80 Å². The molecule has 27 heavy (non-hydrogen) atoms. The van der Waals surface area contributed by atoms with Crippen molar-refractivity contribution in [2.45, 2.75) is 52.6 Å². The van der Waals surface area contributed by atoms with Gasteiger partial charge in [0.2, 0.25) is 11.8 Å². The SMILES string of the molecule is CC(=O)N1c2ccc(-c3cnn(C(C)C)c3)cc2N(C(=O)C2CC2)C[C@@H]1C. The number of carbonyl (C=O) groups excluding carboxylic acids is 2. The first-order valence-electron chi connectivity index (χ1n) is 9.66. The quantitative estimate of drug-likeness (QED) is 0.833. The van der Waals surface area contributed by atoms with Gasteiger partial charge in [-0.2, -0.15) is 5.10 Å². The van der Waals surface area contributed by atoms with Gasteiger partial charge in [-0.15, -0.1) is 0 Å². The first-order valence-corrected chi connectivity index (χ1v) is 9.66. The van der Waals surface area contributed by atoms with Crippen LogP contribution in [-0.4, -0.2) is 34.2 Å². The molecule has 1 aliphatic carbocycles. The molecule has 1 saturated carbocycles. The summed E-state index contributed by atoms with van der Waals surface area (Å²) in [5, 5.41) is 4.42. The molecule has 0 unspecified atom stereocenters. The van der Waals surface area contributed by atoms with Gasteiger partial charge in [-0.3, -0.25) is 14.3 Å². The van der Waals surface area contributed by atoms with Crippen molar-refractivity contribution >= 4 is 23.2 Å². The third kappa shape index (κ3) is 3.13. The number of benzene rings is 1. The standard InChI is InChI=1S/C21H26N4O2/c1-13(2)24-12-18(10-22-24)17-7-8-19-20(9-17)23(21(27)16-5-6-16)11-14(3)25(19)15(4)26/h7-10,12-14,16H,5-6,11H2,1-4H3/t14-/m0/s1. The Balaban J connectivity index is 1.79. The molecule has 6 nitrogen and oxygen atoms in total. The Morgan fingerprint density at radius 3 is 2.48 bits per heavy atom. The Labute approximate surface area is 159 Å². The van der Waals surface area contributed by atoms with Crippen LogP contribution in [0.25, 0.3) is 11.1 Å². The van der Waals surface area contributed by atoms with Gasteiger partial charge in [0.25, 0.3) is 0 Å². The average molecular weight is 366 g/mol. The van der Waals surface area contributed by atoms with Gasteiger partial charge in [-0.1, -0.05) is 6.07 Å². The van der Waals surface area contributed by atoms with Crippen LogP contribution in [0.2, 0.25) is 0 Å². The number of hydrogen-bond donors (Lipinski definition) is 0. The van der Waals surface area contributed by atoms with Gasteiger partial charge in [0.1, 0.15) is 0 Å². The molecule has 2 aromatic rings. The van der Waals surface area contributed by atoms with Crippen molar-refractivity contribution in [3.05, 3.63) is 30.6 Å². The zero-order valence-corrected chi connectivity index (χ0v) is 16.3. The Morgan fingerprint density at radius 2 is 1.89 bits per heavy atom. The molecule has 1 aromatic heterocycles. The van der Waals surface area contributed by atoms with Crippen molar-refractivity contribution in [1.82, 2.24) is 9.78 Å². The lowest BCUT2D eigenvalue weighted by atomic mass is 10.0. The molecule has 6 heteroatoms. The topological polar surface area (TPSA) is 58.4 Å². The first kappa shape index (κ1) is 17.8. The molecule has 2 heterocycles. The fraction of sp³-hybridized carbons (Fsp3) is 0.476. The number of fused-ring (bicyclic) bond motifs is 1. The van der Waals surface area contributed by atoms with Crippen LogP contribution in [0.1, 0.15) is 46.6 Å². The van der Waals surface area contributed by atoms with E-state index in [9.17, 15) is 9.59 Å². The summed E-state index contributed by atoms with van der Waals surface area (Å²) in [5.74, 6) is 0.324. The van der Waals surface area contributed by atoms with Crippen LogP contribution in [0.3, 0.4) is 0 Å². The third-order valence-electron chi connectivity index (χ3n) is 5.41.